The monoisotopic (exact) mass is 440 g/mol. The van der Waals surface area contributed by atoms with Crippen LogP contribution in [0.25, 0.3) is 0 Å². The molecule has 3 atom stereocenters. The number of piperidine rings is 1. The molecular formula is C20H23F3N4O4. The molecule has 2 amide bonds. The SMILES string of the molecule is Cc1noc(C2CC(c3ccc(OC(F)(F)F)cc3)CN(C(=O)N3CCC(O)C3)C2)n1. The van der Waals surface area contributed by atoms with E-state index in [2.05, 4.69) is 14.9 Å². The number of hydrogen-bond donors (Lipinski definition) is 1. The number of urea groups is 1. The van der Waals surface area contributed by atoms with E-state index in [4.69, 9.17) is 4.52 Å². The van der Waals surface area contributed by atoms with Gasteiger partial charge in [0.1, 0.15) is 5.75 Å². The molecule has 0 spiro atoms. The maximum Gasteiger partial charge on any atom is 0.573 e. The molecule has 0 saturated carbocycles. The molecule has 31 heavy (non-hydrogen) atoms. The third-order valence-corrected chi connectivity index (χ3v) is 5.63. The first-order valence-corrected chi connectivity index (χ1v) is 10.1. The second kappa shape index (κ2) is 8.37. The number of aliphatic hydroxyl groups is 1. The van der Waals surface area contributed by atoms with Crippen LogP contribution in [0.3, 0.4) is 0 Å². The average Bonchev–Trinajstić information content (AvgIpc) is 3.35. The standard InChI is InChI=1S/C20H23F3N4O4/c1-12-24-18(31-25-12)15-8-14(13-2-4-17(5-3-13)30-20(21,22)23)9-27(10-15)19(29)26-7-6-16(28)11-26/h2-5,14-16,28H,6-11H2,1H3. The third kappa shape index (κ3) is 5.09. The predicted molar refractivity (Wildman–Crippen MR) is 101 cm³/mol. The Hall–Kier alpha value is -2.82. The minimum atomic E-state index is -4.75. The Morgan fingerprint density at radius 1 is 1.16 bits per heavy atom. The quantitative estimate of drug-likeness (QED) is 0.789. The number of carbonyl (C=O) groups is 1. The van der Waals surface area contributed by atoms with Crippen molar-refractivity contribution >= 4 is 6.03 Å². The number of aryl methyl sites for hydroxylation is 1. The zero-order valence-electron chi connectivity index (χ0n) is 16.9. The van der Waals surface area contributed by atoms with Gasteiger partial charge in [0.25, 0.3) is 0 Å². The minimum Gasteiger partial charge on any atom is -0.406 e. The van der Waals surface area contributed by atoms with Gasteiger partial charge >= 0.3 is 12.4 Å². The predicted octanol–water partition coefficient (Wildman–Crippen LogP) is 3.04. The average molecular weight is 440 g/mol. The summed E-state index contributed by atoms with van der Waals surface area (Å²) in [4.78, 5) is 20.7. The number of likely N-dealkylation sites (tertiary alicyclic amines) is 2. The maximum atomic E-state index is 13.0. The van der Waals surface area contributed by atoms with Crippen molar-refractivity contribution in [1.82, 2.24) is 19.9 Å². The summed E-state index contributed by atoms with van der Waals surface area (Å²) in [7, 11) is 0. The van der Waals surface area contributed by atoms with Gasteiger partial charge in [-0.1, -0.05) is 17.3 Å². The molecule has 3 heterocycles. The number of amides is 2. The van der Waals surface area contributed by atoms with E-state index in [1.165, 1.54) is 12.1 Å². The van der Waals surface area contributed by atoms with Gasteiger partial charge in [0.15, 0.2) is 5.82 Å². The molecule has 0 aliphatic carbocycles. The highest BCUT2D eigenvalue weighted by Crippen LogP contribution is 2.37. The molecule has 0 bridgehead atoms. The van der Waals surface area contributed by atoms with Crippen molar-refractivity contribution in [2.45, 2.75) is 44.1 Å². The number of aliphatic hydroxyl groups excluding tert-OH is 1. The first kappa shape index (κ1) is 21.4. The molecule has 1 aromatic carbocycles. The van der Waals surface area contributed by atoms with Crippen LogP contribution in [0, 0.1) is 6.92 Å². The minimum absolute atomic E-state index is 0.137. The molecule has 2 aliphatic rings. The Balaban J connectivity index is 1.55. The molecular weight excluding hydrogens is 417 g/mol. The summed E-state index contributed by atoms with van der Waals surface area (Å²) in [5, 5.41) is 13.6. The van der Waals surface area contributed by atoms with Gasteiger partial charge in [0.2, 0.25) is 5.89 Å². The number of rotatable bonds is 3. The number of β-amino-alcohol motifs (C(OH)–C–C–N with tert-alkyl or cyclic N) is 1. The van der Waals surface area contributed by atoms with Crippen LogP contribution in [-0.2, 0) is 0 Å². The normalized spacial score (nSPS) is 24.5. The number of ether oxygens (including phenoxy) is 1. The van der Waals surface area contributed by atoms with Crippen molar-refractivity contribution in [2.75, 3.05) is 26.2 Å². The summed E-state index contributed by atoms with van der Waals surface area (Å²) in [5.41, 5.74) is 0.787. The topological polar surface area (TPSA) is 91.9 Å². The van der Waals surface area contributed by atoms with Crippen LogP contribution in [-0.4, -0.2) is 69.7 Å². The fourth-order valence-corrected chi connectivity index (χ4v) is 4.21. The lowest BCUT2D eigenvalue weighted by Crippen LogP contribution is -2.48. The number of nitrogens with zero attached hydrogens (tertiary/aromatic N) is 4. The zero-order chi connectivity index (χ0) is 22.2. The van der Waals surface area contributed by atoms with E-state index < -0.39 is 12.5 Å². The van der Waals surface area contributed by atoms with E-state index in [1.54, 1.807) is 28.9 Å². The van der Waals surface area contributed by atoms with Gasteiger partial charge < -0.3 is 24.2 Å². The second-order valence-electron chi connectivity index (χ2n) is 8.00. The van der Waals surface area contributed by atoms with Gasteiger partial charge in [0.05, 0.1) is 12.0 Å². The van der Waals surface area contributed by atoms with E-state index in [1.807, 2.05) is 0 Å². The van der Waals surface area contributed by atoms with E-state index >= 15 is 0 Å². The largest absolute Gasteiger partial charge is 0.573 e. The Morgan fingerprint density at radius 2 is 1.87 bits per heavy atom. The van der Waals surface area contributed by atoms with Gasteiger partial charge in [-0.15, -0.1) is 13.2 Å². The lowest BCUT2D eigenvalue weighted by atomic mass is 9.84. The van der Waals surface area contributed by atoms with Gasteiger partial charge in [0, 0.05) is 32.1 Å². The number of halogens is 3. The summed E-state index contributed by atoms with van der Waals surface area (Å²) >= 11 is 0. The highest BCUT2D eigenvalue weighted by atomic mass is 19.4. The summed E-state index contributed by atoms with van der Waals surface area (Å²) in [6.45, 7) is 3.26. The van der Waals surface area contributed by atoms with Crippen molar-refractivity contribution in [3.63, 3.8) is 0 Å². The third-order valence-electron chi connectivity index (χ3n) is 5.63. The van der Waals surface area contributed by atoms with E-state index in [-0.39, 0.29) is 30.2 Å². The number of alkyl halides is 3. The summed E-state index contributed by atoms with van der Waals surface area (Å²) in [5.74, 6) is 0.282. The smallest absolute Gasteiger partial charge is 0.406 e. The Morgan fingerprint density at radius 3 is 2.45 bits per heavy atom. The van der Waals surface area contributed by atoms with Crippen LogP contribution >= 0.6 is 0 Å². The molecule has 1 N–H and O–H groups in total. The highest BCUT2D eigenvalue weighted by molar-refractivity contribution is 5.75. The Labute approximate surface area is 176 Å². The molecule has 0 radical (unpaired) electrons. The van der Waals surface area contributed by atoms with Gasteiger partial charge in [-0.25, -0.2) is 4.79 Å². The maximum absolute atomic E-state index is 13.0. The van der Waals surface area contributed by atoms with Gasteiger partial charge in [-0.05, 0) is 37.5 Å². The first-order chi connectivity index (χ1) is 14.7. The van der Waals surface area contributed by atoms with Crippen molar-refractivity contribution in [3.8, 4) is 5.75 Å². The first-order valence-electron chi connectivity index (χ1n) is 10.1. The van der Waals surface area contributed by atoms with Gasteiger partial charge in [-0.2, -0.15) is 4.98 Å². The molecule has 2 saturated heterocycles. The lowest BCUT2D eigenvalue weighted by Gasteiger charge is -2.38. The number of aromatic nitrogens is 2. The number of benzene rings is 1. The molecule has 2 aliphatic heterocycles. The van der Waals surface area contributed by atoms with Crippen molar-refractivity contribution < 1.29 is 32.3 Å². The number of carbonyl (C=O) groups excluding carboxylic acids is 1. The summed E-state index contributed by atoms with van der Waals surface area (Å²) in [6, 6.07) is 5.52. The highest BCUT2D eigenvalue weighted by Gasteiger charge is 2.37. The summed E-state index contributed by atoms with van der Waals surface area (Å²) in [6.07, 6.45) is -4.14. The van der Waals surface area contributed by atoms with E-state index in [9.17, 15) is 23.1 Å². The zero-order valence-corrected chi connectivity index (χ0v) is 16.9. The van der Waals surface area contributed by atoms with Crippen molar-refractivity contribution in [2.24, 2.45) is 0 Å². The Bertz CT molecular complexity index is 918. The fourth-order valence-electron chi connectivity index (χ4n) is 4.21. The second-order valence-corrected chi connectivity index (χ2v) is 8.00. The van der Waals surface area contributed by atoms with Crippen LogP contribution in [0.2, 0.25) is 0 Å². The van der Waals surface area contributed by atoms with Crippen LogP contribution in [0.5, 0.6) is 5.75 Å². The van der Waals surface area contributed by atoms with E-state index in [0.29, 0.717) is 44.2 Å². The molecule has 3 unspecified atom stereocenters. The van der Waals surface area contributed by atoms with Crippen molar-refractivity contribution in [1.29, 1.82) is 0 Å². The van der Waals surface area contributed by atoms with Crippen LogP contribution < -0.4 is 4.74 Å². The lowest BCUT2D eigenvalue weighted by molar-refractivity contribution is -0.274. The summed E-state index contributed by atoms with van der Waals surface area (Å²) < 4.78 is 46.6. The molecule has 1 aromatic heterocycles. The molecule has 168 valence electrons. The Kier molecular flexibility index (Phi) is 5.78. The van der Waals surface area contributed by atoms with Crippen molar-refractivity contribution in [3.05, 3.63) is 41.5 Å². The molecule has 8 nitrogen and oxygen atoms in total. The van der Waals surface area contributed by atoms with Gasteiger partial charge in [-0.3, -0.25) is 0 Å². The van der Waals surface area contributed by atoms with E-state index in [0.717, 1.165) is 5.56 Å². The van der Waals surface area contributed by atoms with Crippen LogP contribution in [0.4, 0.5) is 18.0 Å². The van der Waals surface area contributed by atoms with Crippen LogP contribution in [0.15, 0.2) is 28.8 Å². The fraction of sp³-hybridized carbons (Fsp3) is 0.550. The molecule has 2 aromatic rings. The molecule has 4 rings (SSSR count). The number of hydrogen-bond acceptors (Lipinski definition) is 6. The van der Waals surface area contributed by atoms with Crippen LogP contribution in [0.1, 0.15) is 42.0 Å². The molecule has 2 fully saturated rings. The molecule has 11 heteroatoms.